The number of rotatable bonds is 0. The highest BCUT2D eigenvalue weighted by Crippen LogP contribution is 2.41. The Kier molecular flexibility index (Phi) is 1.43. The second-order valence-corrected chi connectivity index (χ2v) is 4.17. The van der Waals surface area contributed by atoms with Crippen LogP contribution in [0.15, 0.2) is 16.3 Å². The van der Waals surface area contributed by atoms with Gasteiger partial charge in [0, 0.05) is 12.0 Å². The lowest BCUT2D eigenvalue weighted by molar-refractivity contribution is 0.496. The van der Waals surface area contributed by atoms with Gasteiger partial charge >= 0.3 is 0 Å². The molecule has 0 fully saturated rings. The molecule has 0 saturated carbocycles. The summed E-state index contributed by atoms with van der Waals surface area (Å²) >= 11 is 0. The lowest BCUT2D eigenvalue weighted by Crippen LogP contribution is -2.07. The molecular formula is C12H14O. The van der Waals surface area contributed by atoms with E-state index in [0.29, 0.717) is 0 Å². The van der Waals surface area contributed by atoms with Crippen molar-refractivity contribution < 1.29 is 4.42 Å². The van der Waals surface area contributed by atoms with Crippen LogP contribution in [0.5, 0.6) is 0 Å². The SMILES string of the molecule is CC1=C2CCCc3occ(c32)CC1. The number of furan rings is 1. The summed E-state index contributed by atoms with van der Waals surface area (Å²) in [6.45, 7) is 2.28. The van der Waals surface area contributed by atoms with E-state index >= 15 is 0 Å². The van der Waals surface area contributed by atoms with Gasteiger partial charge in [0.2, 0.25) is 0 Å². The zero-order valence-electron chi connectivity index (χ0n) is 8.02. The van der Waals surface area contributed by atoms with E-state index in [0.717, 1.165) is 6.42 Å². The summed E-state index contributed by atoms with van der Waals surface area (Å²) in [5.74, 6) is 1.25. The third-order valence-electron chi connectivity index (χ3n) is 3.36. The van der Waals surface area contributed by atoms with Crippen molar-refractivity contribution in [3.63, 3.8) is 0 Å². The van der Waals surface area contributed by atoms with E-state index in [-0.39, 0.29) is 0 Å². The Morgan fingerprint density at radius 2 is 2.08 bits per heavy atom. The van der Waals surface area contributed by atoms with Crippen LogP contribution in [0, 0.1) is 0 Å². The molecule has 1 aromatic rings. The summed E-state index contributed by atoms with van der Waals surface area (Å²) in [6.07, 6.45) is 8.09. The summed E-state index contributed by atoms with van der Waals surface area (Å²) in [7, 11) is 0. The minimum absolute atomic E-state index is 1.14. The fourth-order valence-electron chi connectivity index (χ4n) is 2.62. The predicted molar refractivity (Wildman–Crippen MR) is 52.6 cm³/mol. The van der Waals surface area contributed by atoms with Gasteiger partial charge in [-0.2, -0.15) is 0 Å². The van der Waals surface area contributed by atoms with Gasteiger partial charge in [0.05, 0.1) is 6.26 Å². The summed E-state index contributed by atoms with van der Waals surface area (Å²) in [5, 5.41) is 0. The molecule has 0 aliphatic heterocycles. The molecule has 2 aliphatic rings. The molecule has 0 unspecified atom stereocenters. The molecule has 13 heavy (non-hydrogen) atoms. The van der Waals surface area contributed by atoms with Gasteiger partial charge in [0.15, 0.2) is 0 Å². The minimum Gasteiger partial charge on any atom is -0.468 e. The van der Waals surface area contributed by atoms with Crippen LogP contribution in [0.4, 0.5) is 0 Å². The van der Waals surface area contributed by atoms with E-state index in [1.54, 1.807) is 11.1 Å². The quantitative estimate of drug-likeness (QED) is 0.588. The standard InChI is InChI=1S/C12H14O/c1-8-5-6-9-7-13-11-4-2-3-10(8)12(9)11/h7H,2-6H2,1H3. The smallest absolute Gasteiger partial charge is 0.111 e. The van der Waals surface area contributed by atoms with Gasteiger partial charge in [-0.05, 0) is 43.7 Å². The van der Waals surface area contributed by atoms with Crippen molar-refractivity contribution in [3.05, 3.63) is 28.7 Å². The van der Waals surface area contributed by atoms with Crippen LogP contribution in [-0.4, -0.2) is 0 Å². The maximum atomic E-state index is 5.60. The van der Waals surface area contributed by atoms with Crippen LogP contribution in [0.1, 0.15) is 43.1 Å². The van der Waals surface area contributed by atoms with E-state index in [2.05, 4.69) is 6.92 Å². The maximum absolute atomic E-state index is 5.60. The number of allylic oxidation sites excluding steroid dienone is 2. The monoisotopic (exact) mass is 174 g/mol. The fourth-order valence-corrected chi connectivity index (χ4v) is 2.62. The first-order valence-electron chi connectivity index (χ1n) is 5.14. The molecule has 0 bridgehead atoms. The lowest BCUT2D eigenvalue weighted by Gasteiger charge is -2.22. The van der Waals surface area contributed by atoms with Gasteiger partial charge in [-0.15, -0.1) is 0 Å². The van der Waals surface area contributed by atoms with Crippen LogP contribution in [0.2, 0.25) is 0 Å². The van der Waals surface area contributed by atoms with Crippen molar-refractivity contribution in [1.82, 2.24) is 0 Å². The van der Waals surface area contributed by atoms with Crippen molar-refractivity contribution in [2.45, 2.75) is 39.0 Å². The topological polar surface area (TPSA) is 13.1 Å². The zero-order valence-corrected chi connectivity index (χ0v) is 8.02. The maximum Gasteiger partial charge on any atom is 0.111 e. The Labute approximate surface area is 78.4 Å². The fraction of sp³-hybridized carbons (Fsp3) is 0.500. The highest BCUT2D eigenvalue weighted by atomic mass is 16.3. The molecule has 0 saturated heterocycles. The molecular weight excluding hydrogens is 160 g/mol. The predicted octanol–water partition coefficient (Wildman–Crippen LogP) is 3.34. The Morgan fingerprint density at radius 3 is 3.00 bits per heavy atom. The molecule has 1 heterocycles. The Hall–Kier alpha value is -0.980. The molecule has 3 rings (SSSR count). The Bertz CT molecular complexity index is 382. The van der Waals surface area contributed by atoms with Crippen molar-refractivity contribution in [3.8, 4) is 0 Å². The van der Waals surface area contributed by atoms with E-state index in [1.807, 2.05) is 6.26 Å². The van der Waals surface area contributed by atoms with Gasteiger partial charge in [0.25, 0.3) is 0 Å². The molecule has 0 atom stereocenters. The number of hydrogen-bond acceptors (Lipinski definition) is 1. The lowest BCUT2D eigenvalue weighted by atomic mass is 9.81. The third-order valence-corrected chi connectivity index (χ3v) is 3.36. The van der Waals surface area contributed by atoms with Gasteiger partial charge < -0.3 is 4.42 Å². The van der Waals surface area contributed by atoms with Gasteiger partial charge in [0.1, 0.15) is 5.76 Å². The van der Waals surface area contributed by atoms with Crippen LogP contribution in [-0.2, 0) is 12.8 Å². The van der Waals surface area contributed by atoms with Crippen molar-refractivity contribution in [2.24, 2.45) is 0 Å². The highest BCUT2D eigenvalue weighted by Gasteiger charge is 2.25. The molecule has 68 valence electrons. The summed E-state index contributed by atoms with van der Waals surface area (Å²) < 4.78 is 5.60. The van der Waals surface area contributed by atoms with E-state index in [9.17, 15) is 0 Å². The molecule has 0 aromatic carbocycles. The summed E-state index contributed by atoms with van der Waals surface area (Å²) in [5.41, 5.74) is 6.12. The zero-order chi connectivity index (χ0) is 8.84. The van der Waals surface area contributed by atoms with Crippen LogP contribution < -0.4 is 0 Å². The second-order valence-electron chi connectivity index (χ2n) is 4.17. The molecule has 0 spiro atoms. The first-order chi connectivity index (χ1) is 6.36. The van der Waals surface area contributed by atoms with Gasteiger partial charge in [-0.3, -0.25) is 0 Å². The van der Waals surface area contributed by atoms with Crippen molar-refractivity contribution in [1.29, 1.82) is 0 Å². The van der Waals surface area contributed by atoms with Crippen molar-refractivity contribution >= 4 is 5.57 Å². The molecule has 1 nitrogen and oxygen atoms in total. The summed E-state index contributed by atoms with van der Waals surface area (Å²) in [4.78, 5) is 0. The van der Waals surface area contributed by atoms with E-state index in [1.165, 1.54) is 42.6 Å². The average molecular weight is 174 g/mol. The van der Waals surface area contributed by atoms with Crippen LogP contribution >= 0.6 is 0 Å². The molecule has 2 aliphatic carbocycles. The normalized spacial score (nSPS) is 20.4. The van der Waals surface area contributed by atoms with Crippen molar-refractivity contribution in [2.75, 3.05) is 0 Å². The highest BCUT2D eigenvalue weighted by molar-refractivity contribution is 5.75. The molecule has 0 radical (unpaired) electrons. The first-order valence-corrected chi connectivity index (χ1v) is 5.14. The first kappa shape index (κ1) is 7.43. The Morgan fingerprint density at radius 1 is 1.15 bits per heavy atom. The second kappa shape index (κ2) is 2.50. The van der Waals surface area contributed by atoms with Gasteiger partial charge in [-0.25, -0.2) is 0 Å². The minimum atomic E-state index is 1.14. The molecule has 0 amide bonds. The third kappa shape index (κ3) is 0.932. The van der Waals surface area contributed by atoms with Gasteiger partial charge in [-0.1, -0.05) is 5.57 Å². The van der Waals surface area contributed by atoms with Crippen LogP contribution in [0.25, 0.3) is 5.57 Å². The summed E-state index contributed by atoms with van der Waals surface area (Å²) in [6, 6.07) is 0. The Balaban J connectivity index is 2.28. The molecule has 0 N–H and O–H groups in total. The van der Waals surface area contributed by atoms with E-state index < -0.39 is 0 Å². The molecule has 1 aromatic heterocycles. The number of aryl methyl sites for hydroxylation is 2. The average Bonchev–Trinajstić information content (AvgIpc) is 2.57. The van der Waals surface area contributed by atoms with E-state index in [4.69, 9.17) is 4.42 Å². The number of hydrogen-bond donors (Lipinski definition) is 0. The van der Waals surface area contributed by atoms with Crippen LogP contribution in [0.3, 0.4) is 0 Å². The molecule has 1 heteroatoms. The largest absolute Gasteiger partial charge is 0.468 e.